The molecule has 0 aliphatic heterocycles. The van der Waals surface area contributed by atoms with E-state index in [2.05, 4.69) is 39.9 Å². The zero-order chi connectivity index (χ0) is 15.2. The number of methoxy groups -OCH3 is 1. The van der Waals surface area contributed by atoms with Crippen LogP contribution in [-0.4, -0.2) is 34.0 Å². The average Bonchev–Trinajstić information content (AvgIpc) is 2.91. The fourth-order valence-electron chi connectivity index (χ4n) is 2.37. The molecule has 4 nitrogen and oxygen atoms in total. The van der Waals surface area contributed by atoms with Crippen molar-refractivity contribution in [1.29, 1.82) is 0 Å². The number of benzene rings is 1. The third kappa shape index (κ3) is 3.48. The number of pyridine rings is 1. The normalized spacial score (nSPS) is 11.1. The van der Waals surface area contributed by atoms with Crippen LogP contribution in [0.1, 0.15) is 5.56 Å². The Kier molecular flexibility index (Phi) is 5.08. The molecule has 2 aromatic heterocycles. The molecule has 0 aliphatic rings. The van der Waals surface area contributed by atoms with E-state index in [-0.39, 0.29) is 0 Å². The quantitative estimate of drug-likeness (QED) is 0.627. The van der Waals surface area contributed by atoms with Crippen molar-refractivity contribution in [1.82, 2.24) is 14.5 Å². The van der Waals surface area contributed by atoms with Gasteiger partial charge in [0.15, 0.2) is 5.16 Å². The minimum atomic E-state index is 0.693. The zero-order valence-corrected chi connectivity index (χ0v) is 13.4. The number of fused-ring (bicyclic) bond motifs is 1. The van der Waals surface area contributed by atoms with E-state index in [1.54, 1.807) is 18.9 Å². The summed E-state index contributed by atoms with van der Waals surface area (Å²) in [6, 6.07) is 12.4. The smallest absolute Gasteiger partial charge is 0.169 e. The van der Waals surface area contributed by atoms with Crippen LogP contribution in [0, 0.1) is 0 Å². The lowest BCUT2D eigenvalue weighted by molar-refractivity contribution is 0.186. The first-order chi connectivity index (χ1) is 10.9. The lowest BCUT2D eigenvalue weighted by atomic mass is 10.2. The molecule has 0 atom stereocenters. The highest BCUT2D eigenvalue weighted by Crippen LogP contribution is 2.24. The van der Waals surface area contributed by atoms with Crippen molar-refractivity contribution in [3.8, 4) is 0 Å². The fourth-order valence-corrected chi connectivity index (χ4v) is 3.40. The van der Waals surface area contributed by atoms with Gasteiger partial charge in [-0.05, 0) is 36.2 Å². The van der Waals surface area contributed by atoms with E-state index in [9.17, 15) is 0 Å². The van der Waals surface area contributed by atoms with E-state index < -0.39 is 0 Å². The van der Waals surface area contributed by atoms with Gasteiger partial charge in [-0.1, -0.05) is 23.9 Å². The summed E-state index contributed by atoms with van der Waals surface area (Å²) < 4.78 is 7.47. The van der Waals surface area contributed by atoms with Crippen molar-refractivity contribution in [2.24, 2.45) is 0 Å². The number of aryl methyl sites for hydroxylation is 1. The first-order valence-electron chi connectivity index (χ1n) is 7.34. The standard InChI is InChI=1S/C17H19N3OS/c1-21-12-11-20-16-5-3-2-4-15(16)19-17(20)22-13-8-14-6-9-18-10-7-14/h2-7,9-10H,8,11-13H2,1H3. The van der Waals surface area contributed by atoms with Crippen molar-refractivity contribution in [2.75, 3.05) is 19.5 Å². The summed E-state index contributed by atoms with van der Waals surface area (Å²) >= 11 is 1.79. The molecule has 0 aliphatic carbocycles. The third-order valence-electron chi connectivity index (χ3n) is 3.51. The maximum atomic E-state index is 5.23. The van der Waals surface area contributed by atoms with Crippen LogP contribution in [0.25, 0.3) is 11.0 Å². The Bertz CT molecular complexity index is 727. The van der Waals surface area contributed by atoms with Crippen LogP contribution in [0.3, 0.4) is 0 Å². The second-order valence-electron chi connectivity index (χ2n) is 4.98. The molecule has 0 bridgehead atoms. The first-order valence-corrected chi connectivity index (χ1v) is 8.33. The first kappa shape index (κ1) is 15.1. The lowest BCUT2D eigenvalue weighted by Crippen LogP contribution is -2.05. The van der Waals surface area contributed by atoms with E-state index in [0.717, 1.165) is 29.4 Å². The summed E-state index contributed by atoms with van der Waals surface area (Å²) in [5, 5.41) is 1.06. The summed E-state index contributed by atoms with van der Waals surface area (Å²) in [6.45, 7) is 1.52. The zero-order valence-electron chi connectivity index (χ0n) is 12.6. The Hall–Kier alpha value is -1.85. The molecule has 3 rings (SSSR count). The molecule has 0 saturated heterocycles. The Labute approximate surface area is 134 Å². The van der Waals surface area contributed by atoms with Crippen molar-refractivity contribution in [3.63, 3.8) is 0 Å². The van der Waals surface area contributed by atoms with Crippen LogP contribution >= 0.6 is 11.8 Å². The Balaban J connectivity index is 1.74. The van der Waals surface area contributed by atoms with Gasteiger partial charge in [0.1, 0.15) is 0 Å². The molecule has 3 aromatic rings. The largest absolute Gasteiger partial charge is 0.383 e. The summed E-state index contributed by atoms with van der Waals surface area (Å²) in [5.41, 5.74) is 3.53. The number of aromatic nitrogens is 3. The molecule has 5 heteroatoms. The highest BCUT2D eigenvalue weighted by molar-refractivity contribution is 7.99. The maximum Gasteiger partial charge on any atom is 0.169 e. The molecule has 0 unspecified atom stereocenters. The van der Waals surface area contributed by atoms with E-state index in [0.29, 0.717) is 6.61 Å². The van der Waals surface area contributed by atoms with Crippen molar-refractivity contribution < 1.29 is 4.74 Å². The molecule has 1 aromatic carbocycles. The average molecular weight is 313 g/mol. The topological polar surface area (TPSA) is 39.9 Å². The van der Waals surface area contributed by atoms with E-state index in [1.165, 1.54) is 11.1 Å². The van der Waals surface area contributed by atoms with Gasteiger partial charge in [0.05, 0.1) is 17.6 Å². The monoisotopic (exact) mass is 313 g/mol. The third-order valence-corrected chi connectivity index (χ3v) is 4.49. The van der Waals surface area contributed by atoms with Crippen LogP contribution in [0.15, 0.2) is 53.9 Å². The van der Waals surface area contributed by atoms with Gasteiger partial charge >= 0.3 is 0 Å². The summed E-state index contributed by atoms with van der Waals surface area (Å²) in [6.07, 6.45) is 4.70. The lowest BCUT2D eigenvalue weighted by Gasteiger charge is -2.08. The van der Waals surface area contributed by atoms with Gasteiger partial charge in [0.2, 0.25) is 0 Å². The molecule has 22 heavy (non-hydrogen) atoms. The number of nitrogens with zero attached hydrogens (tertiary/aromatic N) is 3. The number of thioether (sulfide) groups is 1. The molecule has 0 radical (unpaired) electrons. The van der Waals surface area contributed by atoms with Crippen molar-refractivity contribution in [3.05, 3.63) is 54.4 Å². The molecular weight excluding hydrogens is 294 g/mol. The number of imidazole rings is 1. The van der Waals surface area contributed by atoms with Crippen LogP contribution in [0.2, 0.25) is 0 Å². The van der Waals surface area contributed by atoms with Crippen molar-refractivity contribution >= 4 is 22.8 Å². The van der Waals surface area contributed by atoms with Gasteiger partial charge < -0.3 is 9.30 Å². The molecule has 2 heterocycles. The number of rotatable bonds is 7. The number of hydrogen-bond acceptors (Lipinski definition) is 4. The molecule has 0 amide bonds. The van der Waals surface area contributed by atoms with Crippen LogP contribution < -0.4 is 0 Å². The molecule has 0 N–H and O–H groups in total. The van der Waals surface area contributed by atoms with Gasteiger partial charge in [0.25, 0.3) is 0 Å². The Morgan fingerprint density at radius 1 is 1.14 bits per heavy atom. The minimum absolute atomic E-state index is 0.693. The molecule has 0 fully saturated rings. The highest BCUT2D eigenvalue weighted by atomic mass is 32.2. The molecule has 114 valence electrons. The predicted octanol–water partition coefficient (Wildman–Crippen LogP) is 3.41. The number of hydrogen-bond donors (Lipinski definition) is 0. The van der Waals surface area contributed by atoms with Crippen LogP contribution in [0.4, 0.5) is 0 Å². The number of para-hydroxylation sites is 2. The van der Waals surface area contributed by atoms with Gasteiger partial charge in [-0.25, -0.2) is 4.98 Å². The van der Waals surface area contributed by atoms with Gasteiger partial charge in [0, 0.05) is 31.8 Å². The minimum Gasteiger partial charge on any atom is -0.383 e. The molecule has 0 saturated carbocycles. The fraction of sp³-hybridized carbons (Fsp3) is 0.294. The van der Waals surface area contributed by atoms with E-state index in [4.69, 9.17) is 9.72 Å². The van der Waals surface area contributed by atoms with Gasteiger partial charge in [-0.2, -0.15) is 0 Å². The van der Waals surface area contributed by atoms with Crippen LogP contribution in [-0.2, 0) is 17.7 Å². The van der Waals surface area contributed by atoms with Gasteiger partial charge in [-0.3, -0.25) is 4.98 Å². The Morgan fingerprint density at radius 3 is 2.77 bits per heavy atom. The van der Waals surface area contributed by atoms with Gasteiger partial charge in [-0.15, -0.1) is 0 Å². The highest BCUT2D eigenvalue weighted by Gasteiger charge is 2.10. The number of ether oxygens (including phenoxy) is 1. The van der Waals surface area contributed by atoms with E-state index >= 15 is 0 Å². The van der Waals surface area contributed by atoms with Crippen molar-refractivity contribution in [2.45, 2.75) is 18.1 Å². The Morgan fingerprint density at radius 2 is 1.95 bits per heavy atom. The van der Waals surface area contributed by atoms with E-state index in [1.807, 2.05) is 18.5 Å². The summed E-state index contributed by atoms with van der Waals surface area (Å²) in [4.78, 5) is 8.81. The summed E-state index contributed by atoms with van der Waals surface area (Å²) in [7, 11) is 1.73. The summed E-state index contributed by atoms with van der Waals surface area (Å²) in [5.74, 6) is 1.00. The molecular formula is C17H19N3OS. The SMILES string of the molecule is COCCn1c(SCCc2ccncc2)nc2ccccc21. The maximum absolute atomic E-state index is 5.23. The second kappa shape index (κ2) is 7.42. The predicted molar refractivity (Wildman–Crippen MR) is 90.3 cm³/mol. The molecule has 0 spiro atoms. The van der Waals surface area contributed by atoms with Crippen LogP contribution in [0.5, 0.6) is 0 Å². The second-order valence-corrected chi connectivity index (χ2v) is 6.04.